The minimum atomic E-state index is -3.73. The van der Waals surface area contributed by atoms with Crippen LogP contribution in [-0.2, 0) is 16.4 Å². The number of nitro benzene ring substituents is 1. The Morgan fingerprint density at radius 3 is 2.00 bits per heavy atom. The number of hydrogen-bond acceptors (Lipinski definition) is 4. The molecule has 0 amide bonds. The highest BCUT2D eigenvalue weighted by Crippen LogP contribution is 2.24. The molecule has 0 heterocycles. The second-order valence-electron chi connectivity index (χ2n) is 8.11. The normalized spacial score (nSPS) is 14.1. The lowest BCUT2D eigenvalue weighted by Crippen LogP contribution is -2.39. The van der Waals surface area contributed by atoms with E-state index < -0.39 is 14.9 Å². The van der Waals surface area contributed by atoms with Crippen molar-refractivity contribution in [3.63, 3.8) is 0 Å². The number of nitrogens with zero attached hydrogens (tertiary/aromatic N) is 2. The van der Waals surface area contributed by atoms with Gasteiger partial charge in [0.2, 0.25) is 10.0 Å². The second kappa shape index (κ2) is 9.98. The Kier molecular flexibility index (Phi) is 7.93. The van der Waals surface area contributed by atoms with Crippen LogP contribution in [0.15, 0.2) is 59.5 Å². The summed E-state index contributed by atoms with van der Waals surface area (Å²) in [5, 5.41) is 10.9. The van der Waals surface area contributed by atoms with Crippen molar-refractivity contribution >= 4 is 15.7 Å². The summed E-state index contributed by atoms with van der Waals surface area (Å²) < 4.78 is 28.0. The number of sulfonamides is 1. The fraction of sp³-hybridized carbons (Fsp3) is 0.455. The van der Waals surface area contributed by atoms with Gasteiger partial charge in [-0.2, -0.15) is 4.31 Å². The van der Waals surface area contributed by atoms with Crippen LogP contribution in [0.2, 0.25) is 0 Å². The van der Waals surface area contributed by atoms with E-state index in [1.165, 1.54) is 34.1 Å². The number of nitro groups is 1. The van der Waals surface area contributed by atoms with Crippen LogP contribution in [0.4, 0.5) is 5.69 Å². The quantitative estimate of drug-likeness (QED) is 0.412. The topological polar surface area (TPSA) is 80.5 Å². The number of benzene rings is 2. The van der Waals surface area contributed by atoms with Crippen molar-refractivity contribution in [2.75, 3.05) is 13.1 Å². The molecule has 29 heavy (non-hydrogen) atoms. The van der Waals surface area contributed by atoms with Crippen LogP contribution in [0, 0.1) is 27.9 Å². The highest BCUT2D eigenvalue weighted by Gasteiger charge is 2.28. The van der Waals surface area contributed by atoms with Crippen molar-refractivity contribution in [1.82, 2.24) is 4.31 Å². The maximum Gasteiger partial charge on any atom is 0.269 e. The summed E-state index contributed by atoms with van der Waals surface area (Å²) in [5.74, 6) is 0.625. The van der Waals surface area contributed by atoms with Gasteiger partial charge in [0.25, 0.3) is 5.69 Å². The maximum atomic E-state index is 13.2. The Hall–Kier alpha value is -2.25. The predicted octanol–water partition coefficient (Wildman–Crippen LogP) is 4.76. The molecule has 0 aliphatic heterocycles. The van der Waals surface area contributed by atoms with Crippen molar-refractivity contribution in [3.05, 3.63) is 70.3 Å². The van der Waals surface area contributed by atoms with Gasteiger partial charge in [-0.3, -0.25) is 10.1 Å². The van der Waals surface area contributed by atoms with Crippen LogP contribution < -0.4 is 0 Å². The number of rotatable bonds is 10. The molecular formula is C22H30N2O4S. The van der Waals surface area contributed by atoms with Gasteiger partial charge in [-0.1, -0.05) is 58.0 Å². The van der Waals surface area contributed by atoms with E-state index in [2.05, 4.69) is 26.0 Å². The average Bonchev–Trinajstić information content (AvgIpc) is 2.67. The highest BCUT2D eigenvalue weighted by molar-refractivity contribution is 7.89. The predicted molar refractivity (Wildman–Crippen MR) is 115 cm³/mol. The van der Waals surface area contributed by atoms with Gasteiger partial charge in [-0.05, 0) is 41.9 Å². The summed E-state index contributed by atoms with van der Waals surface area (Å²) in [6.45, 7) is 9.00. The lowest BCUT2D eigenvalue weighted by atomic mass is 9.89. The van der Waals surface area contributed by atoms with E-state index in [0.29, 0.717) is 19.0 Å². The standard InChI is InChI=1S/C22H30N2O4S/c1-17(2)15-23(16-19(4)18(3)14-20-8-6-5-7-9-20)29(27,28)22-12-10-21(11-13-22)24(25)26/h5-13,17-19H,14-16H2,1-4H3/t18-,19+/m0/s1. The first-order chi connectivity index (χ1) is 13.6. The Morgan fingerprint density at radius 2 is 1.48 bits per heavy atom. The Labute approximate surface area is 173 Å². The smallest absolute Gasteiger partial charge is 0.258 e. The molecule has 7 heteroatoms. The zero-order chi connectivity index (χ0) is 21.6. The SMILES string of the molecule is CC(C)CN(C[C@@H](C)[C@@H](C)Cc1ccccc1)S(=O)(=O)c1ccc([N+](=O)[O-])cc1. The largest absolute Gasteiger partial charge is 0.269 e. The fourth-order valence-electron chi connectivity index (χ4n) is 3.26. The van der Waals surface area contributed by atoms with E-state index in [0.717, 1.165) is 6.42 Å². The molecule has 2 aromatic rings. The third-order valence-corrected chi connectivity index (χ3v) is 6.96. The zero-order valence-electron chi connectivity index (χ0n) is 17.5. The molecule has 0 aliphatic rings. The Morgan fingerprint density at radius 1 is 0.897 bits per heavy atom. The number of hydrogen-bond donors (Lipinski definition) is 0. The molecular weight excluding hydrogens is 388 g/mol. The van der Waals surface area contributed by atoms with Crippen LogP contribution >= 0.6 is 0 Å². The van der Waals surface area contributed by atoms with E-state index in [-0.39, 0.29) is 22.4 Å². The molecule has 0 aromatic heterocycles. The van der Waals surface area contributed by atoms with E-state index in [9.17, 15) is 18.5 Å². The molecule has 0 fully saturated rings. The van der Waals surface area contributed by atoms with E-state index in [1.54, 1.807) is 0 Å². The van der Waals surface area contributed by atoms with Gasteiger partial charge in [0, 0.05) is 25.2 Å². The second-order valence-corrected chi connectivity index (χ2v) is 10.0. The summed E-state index contributed by atoms with van der Waals surface area (Å²) in [7, 11) is -3.73. The minimum Gasteiger partial charge on any atom is -0.258 e. The van der Waals surface area contributed by atoms with Gasteiger partial charge in [-0.25, -0.2) is 8.42 Å². The van der Waals surface area contributed by atoms with Crippen molar-refractivity contribution in [1.29, 1.82) is 0 Å². The molecule has 2 aromatic carbocycles. The first-order valence-corrected chi connectivity index (χ1v) is 11.3. The molecule has 0 spiro atoms. The highest BCUT2D eigenvalue weighted by atomic mass is 32.2. The molecule has 0 unspecified atom stereocenters. The zero-order valence-corrected chi connectivity index (χ0v) is 18.3. The molecule has 158 valence electrons. The van der Waals surface area contributed by atoms with Crippen molar-refractivity contribution in [2.24, 2.45) is 17.8 Å². The van der Waals surface area contributed by atoms with Gasteiger partial charge in [0.15, 0.2) is 0 Å². The summed E-state index contributed by atoms with van der Waals surface area (Å²) >= 11 is 0. The molecule has 0 bridgehead atoms. The van der Waals surface area contributed by atoms with E-state index in [1.807, 2.05) is 32.0 Å². The fourth-order valence-corrected chi connectivity index (χ4v) is 4.96. The molecule has 0 N–H and O–H groups in total. The first kappa shape index (κ1) is 23.0. The van der Waals surface area contributed by atoms with Gasteiger partial charge in [0.1, 0.15) is 0 Å². The molecule has 0 radical (unpaired) electrons. The molecule has 0 aliphatic carbocycles. The van der Waals surface area contributed by atoms with Crippen molar-refractivity contribution < 1.29 is 13.3 Å². The van der Waals surface area contributed by atoms with Crippen LogP contribution in [0.1, 0.15) is 33.3 Å². The minimum absolute atomic E-state index is 0.0895. The van der Waals surface area contributed by atoms with Gasteiger partial charge in [0.05, 0.1) is 9.82 Å². The summed E-state index contributed by atoms with van der Waals surface area (Å²) in [6, 6.07) is 15.3. The van der Waals surface area contributed by atoms with Crippen molar-refractivity contribution in [3.8, 4) is 0 Å². The molecule has 2 atom stereocenters. The third kappa shape index (κ3) is 6.37. The lowest BCUT2D eigenvalue weighted by Gasteiger charge is -2.29. The average molecular weight is 419 g/mol. The van der Waals surface area contributed by atoms with Gasteiger partial charge in [-0.15, -0.1) is 0 Å². The Balaban J connectivity index is 2.19. The molecule has 2 rings (SSSR count). The van der Waals surface area contributed by atoms with Crippen LogP contribution in [0.3, 0.4) is 0 Å². The summed E-state index contributed by atoms with van der Waals surface area (Å²) in [6.07, 6.45) is 0.884. The molecule has 0 saturated heterocycles. The maximum absolute atomic E-state index is 13.2. The molecule has 0 saturated carbocycles. The van der Waals surface area contributed by atoms with E-state index in [4.69, 9.17) is 0 Å². The van der Waals surface area contributed by atoms with Crippen LogP contribution in [-0.4, -0.2) is 30.7 Å². The lowest BCUT2D eigenvalue weighted by molar-refractivity contribution is -0.384. The monoisotopic (exact) mass is 418 g/mol. The van der Waals surface area contributed by atoms with Crippen LogP contribution in [0.25, 0.3) is 0 Å². The Bertz CT molecular complexity index is 896. The number of non-ortho nitro benzene ring substituents is 1. The first-order valence-electron chi connectivity index (χ1n) is 9.89. The summed E-state index contributed by atoms with van der Waals surface area (Å²) in [4.78, 5) is 10.4. The van der Waals surface area contributed by atoms with Crippen molar-refractivity contribution in [2.45, 2.75) is 39.0 Å². The van der Waals surface area contributed by atoms with Gasteiger partial charge < -0.3 is 0 Å². The van der Waals surface area contributed by atoms with Gasteiger partial charge >= 0.3 is 0 Å². The van der Waals surface area contributed by atoms with Crippen LogP contribution in [0.5, 0.6) is 0 Å². The molecule has 6 nitrogen and oxygen atoms in total. The third-order valence-electron chi connectivity index (χ3n) is 5.12. The van der Waals surface area contributed by atoms with E-state index >= 15 is 0 Å². The summed E-state index contributed by atoms with van der Waals surface area (Å²) in [5.41, 5.74) is 1.12.